The molecule has 0 unspecified atom stereocenters. The summed E-state index contributed by atoms with van der Waals surface area (Å²) < 4.78 is 7.91. The molecule has 0 saturated carbocycles. The minimum atomic E-state index is -0.101. The number of ether oxygens (including phenoxy) is 1. The number of nitrogens with zero attached hydrogens (tertiary/aromatic N) is 2. The number of para-hydroxylation sites is 1. The van der Waals surface area contributed by atoms with Gasteiger partial charge in [0.25, 0.3) is 5.56 Å². The van der Waals surface area contributed by atoms with Gasteiger partial charge in [-0.25, -0.2) is 4.68 Å². The molecular formula is C36H34N2O2. The van der Waals surface area contributed by atoms with Crippen molar-refractivity contribution in [1.29, 1.82) is 0 Å². The van der Waals surface area contributed by atoms with E-state index in [9.17, 15) is 4.79 Å². The molecule has 1 aromatic heterocycles. The van der Waals surface area contributed by atoms with Gasteiger partial charge in [0.15, 0.2) is 0 Å². The molecule has 0 fully saturated rings. The van der Waals surface area contributed by atoms with Gasteiger partial charge in [0.05, 0.1) is 11.3 Å². The predicted octanol–water partition coefficient (Wildman–Crippen LogP) is 7.91. The molecular weight excluding hydrogens is 492 g/mol. The largest absolute Gasteiger partial charge is 0.488 e. The van der Waals surface area contributed by atoms with Crippen molar-refractivity contribution in [3.63, 3.8) is 0 Å². The minimum absolute atomic E-state index is 0.101. The lowest BCUT2D eigenvalue weighted by molar-refractivity contribution is 0.307. The highest BCUT2D eigenvalue weighted by Crippen LogP contribution is 2.34. The lowest BCUT2D eigenvalue weighted by Gasteiger charge is -2.17. The molecule has 0 N–H and O–H groups in total. The average Bonchev–Trinajstić information content (AvgIpc) is 2.98. The van der Waals surface area contributed by atoms with Gasteiger partial charge in [-0.2, -0.15) is 5.10 Å². The third-order valence-corrected chi connectivity index (χ3v) is 6.92. The number of hydrogen-bond donors (Lipinski definition) is 0. The molecule has 0 spiro atoms. The second-order valence-corrected chi connectivity index (χ2v) is 10.0. The molecule has 4 nitrogen and oxygen atoms in total. The lowest BCUT2D eigenvalue weighted by Crippen LogP contribution is -2.27. The van der Waals surface area contributed by atoms with Gasteiger partial charge in [-0.15, -0.1) is 0 Å². The molecule has 0 bridgehead atoms. The molecule has 40 heavy (non-hydrogen) atoms. The van der Waals surface area contributed by atoms with Crippen molar-refractivity contribution in [2.75, 3.05) is 0 Å². The van der Waals surface area contributed by atoms with E-state index in [-0.39, 0.29) is 5.56 Å². The van der Waals surface area contributed by atoms with E-state index < -0.39 is 0 Å². The van der Waals surface area contributed by atoms with E-state index in [1.54, 1.807) is 4.68 Å². The fourth-order valence-corrected chi connectivity index (χ4v) is 4.93. The van der Waals surface area contributed by atoms with E-state index >= 15 is 0 Å². The Hall–Kier alpha value is -4.70. The molecule has 0 radical (unpaired) electrons. The summed E-state index contributed by atoms with van der Waals surface area (Å²) in [4.78, 5) is 13.9. The summed E-state index contributed by atoms with van der Waals surface area (Å²) in [5, 5.41) is 4.78. The Balaban J connectivity index is 1.53. The van der Waals surface area contributed by atoms with Crippen molar-refractivity contribution in [3.8, 4) is 16.9 Å². The zero-order valence-corrected chi connectivity index (χ0v) is 23.1. The van der Waals surface area contributed by atoms with Gasteiger partial charge < -0.3 is 4.74 Å². The monoisotopic (exact) mass is 526 g/mol. The molecule has 0 amide bonds. The first-order valence-electron chi connectivity index (χ1n) is 13.7. The van der Waals surface area contributed by atoms with Crippen LogP contribution in [-0.4, -0.2) is 9.78 Å². The molecule has 5 rings (SSSR count). The maximum Gasteiger partial charge on any atom is 0.274 e. The Morgan fingerprint density at radius 2 is 1.48 bits per heavy atom. The predicted molar refractivity (Wildman–Crippen MR) is 164 cm³/mol. The summed E-state index contributed by atoms with van der Waals surface area (Å²) in [6, 6.07) is 36.6. The van der Waals surface area contributed by atoms with Crippen molar-refractivity contribution in [2.45, 2.75) is 39.8 Å². The van der Waals surface area contributed by atoms with E-state index in [4.69, 9.17) is 9.84 Å². The molecule has 1 heterocycles. The number of benzene rings is 4. The molecule has 0 atom stereocenters. The van der Waals surface area contributed by atoms with Crippen molar-refractivity contribution >= 4 is 12.2 Å². The van der Waals surface area contributed by atoms with Gasteiger partial charge in [0, 0.05) is 17.7 Å². The molecule has 0 aliphatic rings. The lowest BCUT2D eigenvalue weighted by atomic mass is 9.97. The van der Waals surface area contributed by atoms with Crippen LogP contribution in [0.25, 0.3) is 23.3 Å². The summed E-state index contributed by atoms with van der Waals surface area (Å²) in [5.74, 6) is 0.725. The van der Waals surface area contributed by atoms with Crippen LogP contribution in [0.15, 0.2) is 114 Å². The minimum Gasteiger partial charge on any atom is -0.488 e. The van der Waals surface area contributed by atoms with Crippen LogP contribution in [0.2, 0.25) is 0 Å². The van der Waals surface area contributed by atoms with E-state index in [0.717, 1.165) is 46.5 Å². The molecule has 4 aromatic carbocycles. The first kappa shape index (κ1) is 26.9. The first-order chi connectivity index (χ1) is 19.6. The highest BCUT2D eigenvalue weighted by atomic mass is 16.5. The summed E-state index contributed by atoms with van der Waals surface area (Å²) in [6.45, 7) is 5.03. The highest BCUT2D eigenvalue weighted by Gasteiger charge is 2.18. The Morgan fingerprint density at radius 1 is 0.775 bits per heavy atom. The van der Waals surface area contributed by atoms with Crippen LogP contribution in [0.1, 0.15) is 39.9 Å². The first-order valence-corrected chi connectivity index (χ1v) is 13.7. The van der Waals surface area contributed by atoms with Gasteiger partial charge in [0.2, 0.25) is 0 Å². The van der Waals surface area contributed by atoms with Crippen LogP contribution < -0.4 is 10.3 Å². The molecule has 200 valence electrons. The zero-order valence-electron chi connectivity index (χ0n) is 23.1. The maximum atomic E-state index is 13.9. The van der Waals surface area contributed by atoms with Gasteiger partial charge >= 0.3 is 0 Å². The van der Waals surface area contributed by atoms with E-state index in [1.807, 2.05) is 104 Å². The van der Waals surface area contributed by atoms with Crippen molar-refractivity contribution in [3.05, 3.63) is 153 Å². The molecule has 4 heteroatoms. The molecule has 0 aliphatic carbocycles. The normalized spacial score (nSPS) is 11.2. The molecule has 5 aromatic rings. The standard InChI is InChI=1S/C36H34N2O2/c1-27-13-11-18-30(25-27)22-23-33-35(32-20-9-10-21-34(32)40-26-31-16-7-4-8-17-31)28(2)37-38(36(33)39)24-12-19-29-14-5-3-6-15-29/h3-11,13-18,20-23,25H,12,19,24,26H2,1-2H3/b23-22+. The van der Waals surface area contributed by atoms with Crippen LogP contribution in [-0.2, 0) is 19.6 Å². The Labute approximate surface area is 236 Å². The van der Waals surface area contributed by atoms with Gasteiger partial charge in [0.1, 0.15) is 12.4 Å². The summed E-state index contributed by atoms with van der Waals surface area (Å²) in [7, 11) is 0. The van der Waals surface area contributed by atoms with Gasteiger partial charge in [-0.3, -0.25) is 4.79 Å². The summed E-state index contributed by atoms with van der Waals surface area (Å²) in [5.41, 5.74) is 7.53. The third-order valence-electron chi connectivity index (χ3n) is 6.92. The van der Waals surface area contributed by atoms with Crippen LogP contribution in [0.4, 0.5) is 0 Å². The van der Waals surface area contributed by atoms with E-state index in [2.05, 4.69) is 31.2 Å². The van der Waals surface area contributed by atoms with Gasteiger partial charge in [-0.05, 0) is 55.5 Å². The second-order valence-electron chi connectivity index (χ2n) is 10.0. The van der Waals surface area contributed by atoms with Crippen molar-refractivity contribution in [2.24, 2.45) is 0 Å². The average molecular weight is 527 g/mol. The van der Waals surface area contributed by atoms with Crippen molar-refractivity contribution < 1.29 is 4.74 Å². The maximum absolute atomic E-state index is 13.9. The zero-order chi connectivity index (χ0) is 27.7. The highest BCUT2D eigenvalue weighted by molar-refractivity contribution is 5.84. The van der Waals surface area contributed by atoms with Gasteiger partial charge in [-0.1, -0.05) is 115 Å². The fourth-order valence-electron chi connectivity index (χ4n) is 4.93. The molecule has 0 aliphatic heterocycles. The topological polar surface area (TPSA) is 44.1 Å². The van der Waals surface area contributed by atoms with Crippen LogP contribution >= 0.6 is 0 Å². The Morgan fingerprint density at radius 3 is 2.23 bits per heavy atom. The van der Waals surface area contributed by atoms with Crippen LogP contribution in [0.5, 0.6) is 5.75 Å². The number of hydrogen-bond acceptors (Lipinski definition) is 3. The summed E-state index contributed by atoms with van der Waals surface area (Å²) >= 11 is 0. The fraction of sp³-hybridized carbons (Fsp3) is 0.167. The Kier molecular flexibility index (Phi) is 8.67. The van der Waals surface area contributed by atoms with E-state index in [0.29, 0.717) is 18.7 Å². The van der Waals surface area contributed by atoms with Crippen LogP contribution in [0.3, 0.4) is 0 Å². The number of aryl methyl sites for hydroxylation is 4. The number of rotatable bonds is 10. The Bertz CT molecular complexity index is 1650. The third kappa shape index (κ3) is 6.65. The smallest absolute Gasteiger partial charge is 0.274 e. The van der Waals surface area contributed by atoms with Crippen molar-refractivity contribution in [1.82, 2.24) is 9.78 Å². The second kappa shape index (κ2) is 12.9. The SMILES string of the molecule is Cc1cccc(/C=C/c2c(-c3ccccc3OCc3ccccc3)c(C)nn(CCCc3ccccc3)c2=O)c1. The summed E-state index contributed by atoms with van der Waals surface area (Å²) in [6.07, 6.45) is 5.66. The van der Waals surface area contributed by atoms with Crippen LogP contribution in [0, 0.1) is 13.8 Å². The van der Waals surface area contributed by atoms with E-state index in [1.165, 1.54) is 11.1 Å². The molecule has 0 saturated heterocycles. The number of aromatic nitrogens is 2. The quantitative estimate of drug-likeness (QED) is 0.186.